The van der Waals surface area contributed by atoms with Gasteiger partial charge in [0.05, 0.1) is 11.6 Å². The molecule has 0 N–H and O–H groups in total. The van der Waals surface area contributed by atoms with Gasteiger partial charge in [-0.2, -0.15) is 5.26 Å². The van der Waals surface area contributed by atoms with Gasteiger partial charge in [0.1, 0.15) is 0 Å². The Bertz CT molecular complexity index is 555. The molecule has 0 aliphatic carbocycles. The number of nitriles is 1. The zero-order chi connectivity index (χ0) is 12.1. The van der Waals surface area contributed by atoms with E-state index in [9.17, 15) is 0 Å². The molecule has 2 aromatic rings. The van der Waals surface area contributed by atoms with Crippen LogP contribution in [-0.2, 0) is 5.75 Å². The summed E-state index contributed by atoms with van der Waals surface area (Å²) in [5.74, 6) is 0.946. The van der Waals surface area contributed by atoms with Crippen LogP contribution in [0.4, 0.5) is 0 Å². The third-order valence-electron chi connectivity index (χ3n) is 2.62. The summed E-state index contributed by atoms with van der Waals surface area (Å²) in [6.45, 7) is 2.13. The van der Waals surface area contributed by atoms with Crippen LogP contribution >= 0.6 is 11.8 Å². The van der Waals surface area contributed by atoms with Crippen molar-refractivity contribution in [3.05, 3.63) is 65.2 Å². The van der Waals surface area contributed by atoms with Crippen LogP contribution in [0.15, 0.2) is 53.4 Å². The summed E-state index contributed by atoms with van der Waals surface area (Å²) in [6, 6.07) is 18.3. The van der Waals surface area contributed by atoms with Crippen LogP contribution in [-0.4, -0.2) is 0 Å². The molecule has 0 fully saturated rings. The molecule has 2 aromatic carbocycles. The van der Waals surface area contributed by atoms with Crippen LogP contribution in [0.3, 0.4) is 0 Å². The number of rotatable bonds is 3. The van der Waals surface area contributed by atoms with Gasteiger partial charge in [-0.05, 0) is 36.2 Å². The standard InChI is InChI=1S/C15H13NS/c1-12-5-2-3-7-14(12)11-17-15-8-4-6-13(9-15)10-16/h2-9H,11H2,1H3. The first-order valence-electron chi connectivity index (χ1n) is 5.47. The molecular weight excluding hydrogens is 226 g/mol. The third kappa shape index (κ3) is 3.12. The Hall–Kier alpha value is -1.72. The Morgan fingerprint density at radius 3 is 2.71 bits per heavy atom. The largest absolute Gasteiger partial charge is 0.192 e. The maximum Gasteiger partial charge on any atom is 0.0992 e. The van der Waals surface area contributed by atoms with Crippen molar-refractivity contribution in [1.29, 1.82) is 5.26 Å². The van der Waals surface area contributed by atoms with Gasteiger partial charge in [0, 0.05) is 10.6 Å². The lowest BCUT2D eigenvalue weighted by Gasteiger charge is -2.05. The van der Waals surface area contributed by atoms with E-state index in [0.29, 0.717) is 0 Å². The highest BCUT2D eigenvalue weighted by molar-refractivity contribution is 7.98. The summed E-state index contributed by atoms with van der Waals surface area (Å²) in [7, 11) is 0. The van der Waals surface area contributed by atoms with Gasteiger partial charge >= 0.3 is 0 Å². The van der Waals surface area contributed by atoms with Crippen LogP contribution in [0, 0.1) is 18.3 Å². The summed E-state index contributed by atoms with van der Waals surface area (Å²) in [6.07, 6.45) is 0. The molecule has 0 bridgehead atoms. The van der Waals surface area contributed by atoms with Crippen molar-refractivity contribution >= 4 is 11.8 Å². The fourth-order valence-corrected chi connectivity index (χ4v) is 2.62. The van der Waals surface area contributed by atoms with Crippen LogP contribution < -0.4 is 0 Å². The molecule has 2 heteroatoms. The van der Waals surface area contributed by atoms with E-state index in [4.69, 9.17) is 5.26 Å². The number of benzene rings is 2. The molecule has 0 amide bonds. The maximum atomic E-state index is 8.83. The fourth-order valence-electron chi connectivity index (χ4n) is 1.59. The van der Waals surface area contributed by atoms with Crippen molar-refractivity contribution in [2.75, 3.05) is 0 Å². The van der Waals surface area contributed by atoms with Crippen molar-refractivity contribution in [3.8, 4) is 6.07 Å². The average molecular weight is 239 g/mol. The number of thioether (sulfide) groups is 1. The quantitative estimate of drug-likeness (QED) is 0.751. The van der Waals surface area contributed by atoms with E-state index in [1.165, 1.54) is 11.1 Å². The summed E-state index contributed by atoms with van der Waals surface area (Å²) < 4.78 is 0. The first-order valence-corrected chi connectivity index (χ1v) is 6.45. The van der Waals surface area contributed by atoms with Gasteiger partial charge in [-0.3, -0.25) is 0 Å². The lowest BCUT2D eigenvalue weighted by Crippen LogP contribution is -1.85. The SMILES string of the molecule is Cc1ccccc1CSc1cccc(C#N)c1. The Morgan fingerprint density at radius 2 is 1.94 bits per heavy atom. The average Bonchev–Trinajstić information content (AvgIpc) is 2.38. The predicted octanol–water partition coefficient (Wildman–Crippen LogP) is 4.16. The Balaban J connectivity index is 2.08. The summed E-state index contributed by atoms with van der Waals surface area (Å²) in [5.41, 5.74) is 3.39. The highest BCUT2D eigenvalue weighted by Gasteiger charge is 2.00. The second-order valence-corrected chi connectivity index (χ2v) is 4.90. The Labute approximate surface area is 106 Å². The van der Waals surface area contributed by atoms with E-state index < -0.39 is 0 Å². The van der Waals surface area contributed by atoms with Crippen molar-refractivity contribution < 1.29 is 0 Å². The molecule has 0 unspecified atom stereocenters. The van der Waals surface area contributed by atoms with E-state index >= 15 is 0 Å². The van der Waals surface area contributed by atoms with Gasteiger partial charge in [0.25, 0.3) is 0 Å². The number of hydrogen-bond donors (Lipinski definition) is 0. The first kappa shape index (κ1) is 11.8. The molecular formula is C15H13NS. The molecule has 0 atom stereocenters. The minimum absolute atomic E-state index is 0.722. The van der Waals surface area contributed by atoms with E-state index in [1.54, 1.807) is 11.8 Å². The predicted molar refractivity (Wildman–Crippen MR) is 71.9 cm³/mol. The van der Waals surface area contributed by atoms with Crippen molar-refractivity contribution in [1.82, 2.24) is 0 Å². The molecule has 0 saturated heterocycles. The van der Waals surface area contributed by atoms with E-state index in [0.717, 1.165) is 16.2 Å². The molecule has 0 spiro atoms. The van der Waals surface area contributed by atoms with Crippen molar-refractivity contribution in [2.45, 2.75) is 17.6 Å². The normalized spacial score (nSPS) is 9.88. The third-order valence-corrected chi connectivity index (χ3v) is 3.66. The van der Waals surface area contributed by atoms with Crippen LogP contribution in [0.25, 0.3) is 0 Å². The summed E-state index contributed by atoms with van der Waals surface area (Å²) >= 11 is 1.77. The number of aryl methyl sites for hydroxylation is 1. The maximum absolute atomic E-state index is 8.83. The topological polar surface area (TPSA) is 23.8 Å². The lowest BCUT2D eigenvalue weighted by atomic mass is 10.1. The number of hydrogen-bond acceptors (Lipinski definition) is 2. The second kappa shape index (κ2) is 5.56. The zero-order valence-electron chi connectivity index (χ0n) is 9.68. The smallest absolute Gasteiger partial charge is 0.0992 e. The van der Waals surface area contributed by atoms with Crippen LogP contribution in [0.2, 0.25) is 0 Å². The van der Waals surface area contributed by atoms with Crippen molar-refractivity contribution in [2.24, 2.45) is 0 Å². The van der Waals surface area contributed by atoms with Gasteiger partial charge < -0.3 is 0 Å². The number of nitrogens with zero attached hydrogens (tertiary/aromatic N) is 1. The molecule has 0 heterocycles. The van der Waals surface area contributed by atoms with Gasteiger partial charge in [-0.25, -0.2) is 0 Å². The van der Waals surface area contributed by atoms with E-state index in [1.807, 2.05) is 24.3 Å². The molecule has 1 nitrogen and oxygen atoms in total. The Kier molecular flexibility index (Phi) is 3.85. The zero-order valence-corrected chi connectivity index (χ0v) is 10.5. The minimum atomic E-state index is 0.722. The highest BCUT2D eigenvalue weighted by Crippen LogP contribution is 2.24. The molecule has 0 saturated carbocycles. The fraction of sp³-hybridized carbons (Fsp3) is 0.133. The van der Waals surface area contributed by atoms with E-state index in [2.05, 4.69) is 37.3 Å². The van der Waals surface area contributed by atoms with Crippen molar-refractivity contribution in [3.63, 3.8) is 0 Å². The molecule has 0 radical (unpaired) electrons. The van der Waals surface area contributed by atoms with Gasteiger partial charge in [0.2, 0.25) is 0 Å². The lowest BCUT2D eigenvalue weighted by molar-refractivity contribution is 1.30. The monoisotopic (exact) mass is 239 g/mol. The molecule has 2 rings (SSSR count). The molecule has 17 heavy (non-hydrogen) atoms. The second-order valence-electron chi connectivity index (χ2n) is 3.85. The van der Waals surface area contributed by atoms with E-state index in [-0.39, 0.29) is 0 Å². The molecule has 84 valence electrons. The summed E-state index contributed by atoms with van der Waals surface area (Å²) in [4.78, 5) is 1.15. The highest BCUT2D eigenvalue weighted by atomic mass is 32.2. The molecule has 0 aliphatic heterocycles. The molecule has 0 aliphatic rings. The van der Waals surface area contributed by atoms with Gasteiger partial charge in [0.15, 0.2) is 0 Å². The first-order chi connectivity index (χ1) is 8.29. The Morgan fingerprint density at radius 1 is 1.12 bits per heavy atom. The van der Waals surface area contributed by atoms with Crippen LogP contribution in [0.1, 0.15) is 16.7 Å². The van der Waals surface area contributed by atoms with Gasteiger partial charge in [-0.15, -0.1) is 11.8 Å². The summed E-state index contributed by atoms with van der Waals surface area (Å²) in [5, 5.41) is 8.83. The minimum Gasteiger partial charge on any atom is -0.192 e. The van der Waals surface area contributed by atoms with Gasteiger partial charge in [-0.1, -0.05) is 30.3 Å². The van der Waals surface area contributed by atoms with Crippen LogP contribution in [0.5, 0.6) is 0 Å². The molecule has 0 aromatic heterocycles.